The number of pyridine rings is 1. The van der Waals surface area contributed by atoms with Crippen LogP contribution in [0.2, 0.25) is 5.02 Å². The van der Waals surface area contributed by atoms with E-state index in [1.807, 2.05) is 0 Å². The molecule has 6 heteroatoms. The van der Waals surface area contributed by atoms with E-state index in [0.717, 1.165) is 5.56 Å². The van der Waals surface area contributed by atoms with Crippen LogP contribution < -0.4 is 5.32 Å². The van der Waals surface area contributed by atoms with Crippen molar-refractivity contribution in [3.05, 3.63) is 52.4 Å². The number of carboxylic acids is 1. The molecule has 0 saturated carbocycles. The average Bonchev–Trinajstić information content (AvgIpc) is 2.34. The molecule has 0 saturated heterocycles. The predicted octanol–water partition coefficient (Wildman–Crippen LogP) is 3.62. The van der Waals surface area contributed by atoms with E-state index in [9.17, 15) is 9.18 Å². The Bertz CT molecular complexity index is 647. The standard InChI is InChI=1S/C13H10ClFN2O2/c1-7-2-4-10(9(15)6-7)16-11-5-3-8(14)12(17-11)13(18)19/h2-6H,1H3,(H,16,17)(H,18,19). The van der Waals surface area contributed by atoms with Gasteiger partial charge in [0, 0.05) is 0 Å². The Morgan fingerprint density at radius 2 is 2.11 bits per heavy atom. The fourth-order valence-corrected chi connectivity index (χ4v) is 1.71. The number of nitrogens with one attached hydrogen (secondary N) is 1. The Kier molecular flexibility index (Phi) is 3.66. The summed E-state index contributed by atoms with van der Waals surface area (Å²) in [5, 5.41) is 11.6. The van der Waals surface area contributed by atoms with Crippen LogP contribution in [0.25, 0.3) is 0 Å². The van der Waals surface area contributed by atoms with Crippen LogP contribution >= 0.6 is 11.6 Å². The second kappa shape index (κ2) is 5.24. The molecule has 1 aromatic heterocycles. The zero-order chi connectivity index (χ0) is 14.0. The lowest BCUT2D eigenvalue weighted by Crippen LogP contribution is -2.04. The van der Waals surface area contributed by atoms with E-state index in [4.69, 9.17) is 16.7 Å². The maximum absolute atomic E-state index is 13.6. The molecular formula is C13H10ClFN2O2. The highest BCUT2D eigenvalue weighted by molar-refractivity contribution is 6.33. The van der Waals surface area contributed by atoms with Crippen molar-refractivity contribution in [2.24, 2.45) is 0 Å². The summed E-state index contributed by atoms with van der Waals surface area (Å²) in [5.41, 5.74) is 0.731. The Balaban J connectivity index is 2.33. The third-order valence-electron chi connectivity index (χ3n) is 2.44. The molecule has 0 unspecified atom stereocenters. The van der Waals surface area contributed by atoms with Gasteiger partial charge < -0.3 is 10.4 Å². The van der Waals surface area contributed by atoms with Crippen molar-refractivity contribution < 1.29 is 14.3 Å². The van der Waals surface area contributed by atoms with Crippen LogP contribution in [0.3, 0.4) is 0 Å². The minimum atomic E-state index is -1.24. The molecule has 1 heterocycles. The first-order chi connectivity index (χ1) is 8.97. The Labute approximate surface area is 113 Å². The second-order valence-electron chi connectivity index (χ2n) is 3.94. The van der Waals surface area contributed by atoms with E-state index in [1.165, 1.54) is 18.2 Å². The highest BCUT2D eigenvalue weighted by Gasteiger charge is 2.12. The second-order valence-corrected chi connectivity index (χ2v) is 4.35. The summed E-state index contributed by atoms with van der Waals surface area (Å²) >= 11 is 5.70. The number of aromatic carboxylic acids is 1. The van der Waals surface area contributed by atoms with Crippen molar-refractivity contribution in [1.29, 1.82) is 0 Å². The lowest BCUT2D eigenvalue weighted by Gasteiger charge is -2.08. The molecule has 0 amide bonds. The van der Waals surface area contributed by atoms with Gasteiger partial charge in [0.25, 0.3) is 0 Å². The number of carboxylic acid groups (broad SMARTS) is 1. The lowest BCUT2D eigenvalue weighted by molar-refractivity contribution is 0.0691. The van der Waals surface area contributed by atoms with Crippen LogP contribution in [-0.2, 0) is 0 Å². The molecule has 0 fully saturated rings. The molecule has 4 nitrogen and oxygen atoms in total. The largest absolute Gasteiger partial charge is 0.476 e. The maximum atomic E-state index is 13.6. The van der Waals surface area contributed by atoms with Crippen LogP contribution in [0.15, 0.2) is 30.3 Å². The van der Waals surface area contributed by atoms with Crippen molar-refractivity contribution in [2.75, 3.05) is 5.32 Å². The van der Waals surface area contributed by atoms with E-state index in [2.05, 4.69) is 10.3 Å². The first-order valence-electron chi connectivity index (χ1n) is 5.40. The highest BCUT2D eigenvalue weighted by Crippen LogP contribution is 2.22. The molecule has 0 bridgehead atoms. The SMILES string of the molecule is Cc1ccc(Nc2ccc(Cl)c(C(=O)O)n2)c(F)c1. The molecule has 0 aliphatic carbocycles. The Morgan fingerprint density at radius 1 is 1.37 bits per heavy atom. The molecule has 0 radical (unpaired) electrons. The molecule has 2 N–H and O–H groups in total. The van der Waals surface area contributed by atoms with E-state index in [0.29, 0.717) is 0 Å². The molecule has 0 aliphatic rings. The fourth-order valence-electron chi connectivity index (χ4n) is 1.52. The van der Waals surface area contributed by atoms with Crippen LogP contribution in [0.4, 0.5) is 15.9 Å². The lowest BCUT2D eigenvalue weighted by atomic mass is 10.2. The number of rotatable bonds is 3. The summed E-state index contributed by atoms with van der Waals surface area (Å²) in [6.07, 6.45) is 0. The number of carbonyl (C=O) groups is 1. The summed E-state index contributed by atoms with van der Waals surface area (Å²) in [4.78, 5) is 14.7. The van der Waals surface area contributed by atoms with E-state index in [-0.39, 0.29) is 22.2 Å². The van der Waals surface area contributed by atoms with Gasteiger partial charge in [-0.2, -0.15) is 0 Å². The zero-order valence-corrected chi connectivity index (χ0v) is 10.7. The van der Waals surface area contributed by atoms with E-state index < -0.39 is 11.8 Å². The van der Waals surface area contributed by atoms with Crippen molar-refractivity contribution in [2.45, 2.75) is 6.92 Å². The van der Waals surface area contributed by atoms with Crippen molar-refractivity contribution in [3.8, 4) is 0 Å². The highest BCUT2D eigenvalue weighted by atomic mass is 35.5. The third-order valence-corrected chi connectivity index (χ3v) is 2.74. The Hall–Kier alpha value is -2.14. The number of halogens is 2. The van der Waals surface area contributed by atoms with Gasteiger partial charge in [0.15, 0.2) is 5.69 Å². The number of aromatic nitrogens is 1. The zero-order valence-electron chi connectivity index (χ0n) is 9.95. The molecule has 1 aromatic carbocycles. The van der Waals surface area contributed by atoms with Crippen LogP contribution in [0, 0.1) is 12.7 Å². The molecular weight excluding hydrogens is 271 g/mol. The van der Waals surface area contributed by atoms with Gasteiger partial charge >= 0.3 is 5.97 Å². The summed E-state index contributed by atoms with van der Waals surface area (Å²) in [6.45, 7) is 1.77. The number of benzene rings is 1. The molecule has 0 atom stereocenters. The normalized spacial score (nSPS) is 10.3. The first-order valence-corrected chi connectivity index (χ1v) is 5.78. The van der Waals surface area contributed by atoms with Gasteiger partial charge in [0.05, 0.1) is 10.7 Å². The van der Waals surface area contributed by atoms with Gasteiger partial charge in [-0.3, -0.25) is 0 Å². The molecule has 0 aliphatic heterocycles. The Morgan fingerprint density at radius 3 is 2.74 bits per heavy atom. The third kappa shape index (κ3) is 3.00. The minimum Gasteiger partial charge on any atom is -0.476 e. The number of hydrogen-bond acceptors (Lipinski definition) is 3. The monoisotopic (exact) mass is 280 g/mol. The summed E-state index contributed by atoms with van der Waals surface area (Å²) < 4.78 is 13.6. The number of hydrogen-bond donors (Lipinski definition) is 2. The molecule has 2 aromatic rings. The van der Waals surface area contributed by atoms with Crippen LogP contribution in [0.5, 0.6) is 0 Å². The van der Waals surface area contributed by atoms with Crippen molar-refractivity contribution in [3.63, 3.8) is 0 Å². The van der Waals surface area contributed by atoms with Gasteiger partial charge in [-0.15, -0.1) is 0 Å². The molecule has 0 spiro atoms. The smallest absolute Gasteiger partial charge is 0.356 e. The number of anilines is 2. The number of nitrogens with zero attached hydrogens (tertiary/aromatic N) is 1. The maximum Gasteiger partial charge on any atom is 0.356 e. The summed E-state index contributed by atoms with van der Waals surface area (Å²) in [7, 11) is 0. The van der Waals surface area contributed by atoms with Crippen molar-refractivity contribution in [1.82, 2.24) is 4.98 Å². The van der Waals surface area contributed by atoms with Gasteiger partial charge in [0.2, 0.25) is 0 Å². The molecule has 19 heavy (non-hydrogen) atoms. The average molecular weight is 281 g/mol. The quantitative estimate of drug-likeness (QED) is 0.901. The van der Waals surface area contributed by atoms with Gasteiger partial charge in [-0.1, -0.05) is 17.7 Å². The molecule has 2 rings (SSSR count). The fraction of sp³-hybridized carbons (Fsp3) is 0.0769. The van der Waals surface area contributed by atoms with Gasteiger partial charge in [-0.25, -0.2) is 14.2 Å². The van der Waals surface area contributed by atoms with Gasteiger partial charge in [-0.05, 0) is 36.8 Å². The van der Waals surface area contributed by atoms with E-state index in [1.54, 1.807) is 19.1 Å². The molecule has 98 valence electrons. The minimum absolute atomic E-state index is 0.0300. The number of aryl methyl sites for hydroxylation is 1. The van der Waals surface area contributed by atoms with Crippen LogP contribution in [0.1, 0.15) is 16.1 Å². The van der Waals surface area contributed by atoms with Crippen LogP contribution in [-0.4, -0.2) is 16.1 Å². The topological polar surface area (TPSA) is 62.2 Å². The van der Waals surface area contributed by atoms with Gasteiger partial charge in [0.1, 0.15) is 11.6 Å². The summed E-state index contributed by atoms with van der Waals surface area (Å²) in [5.74, 6) is -1.46. The summed E-state index contributed by atoms with van der Waals surface area (Å²) in [6, 6.07) is 7.54. The van der Waals surface area contributed by atoms with E-state index >= 15 is 0 Å². The van der Waals surface area contributed by atoms with Crippen molar-refractivity contribution >= 4 is 29.1 Å². The predicted molar refractivity (Wildman–Crippen MR) is 70.6 cm³/mol. The first kappa shape index (κ1) is 13.3.